The molecule has 1 heterocycles. The lowest BCUT2D eigenvalue weighted by atomic mass is 9.83. The second-order valence-electron chi connectivity index (χ2n) is 6.00. The van der Waals surface area contributed by atoms with E-state index in [1.165, 1.54) is 0 Å². The summed E-state index contributed by atoms with van der Waals surface area (Å²) in [5.41, 5.74) is 0.838. The summed E-state index contributed by atoms with van der Waals surface area (Å²) in [6, 6.07) is 7.93. The summed E-state index contributed by atoms with van der Waals surface area (Å²) in [7, 11) is 0. The van der Waals surface area contributed by atoms with Crippen molar-refractivity contribution in [3.8, 4) is 0 Å². The third kappa shape index (κ3) is 3.32. The quantitative estimate of drug-likeness (QED) is 0.600. The van der Waals surface area contributed by atoms with Gasteiger partial charge < -0.3 is 4.57 Å². The number of halogens is 2. The summed E-state index contributed by atoms with van der Waals surface area (Å²) in [5, 5.41) is 1.17. The summed E-state index contributed by atoms with van der Waals surface area (Å²) in [6.45, 7) is 8.71. The zero-order valence-corrected chi connectivity index (χ0v) is 15.7. The summed E-state index contributed by atoms with van der Waals surface area (Å²) in [5.74, 6) is 0. The molecule has 0 radical (unpaired) electrons. The molecule has 1 aromatic heterocycles. The molecule has 0 spiro atoms. The van der Waals surface area contributed by atoms with Crippen molar-refractivity contribution >= 4 is 35.0 Å². The fourth-order valence-electron chi connectivity index (χ4n) is 2.35. The minimum absolute atomic E-state index is 0.312. The Balaban J connectivity index is 2.49. The third-order valence-electron chi connectivity index (χ3n) is 4.11. The van der Waals surface area contributed by atoms with Crippen LogP contribution in [0.25, 0.3) is 0 Å². The Morgan fingerprint density at radius 3 is 2.41 bits per heavy atom. The minimum Gasteiger partial charge on any atom is -0.308 e. The van der Waals surface area contributed by atoms with Crippen molar-refractivity contribution < 1.29 is 0 Å². The summed E-state index contributed by atoms with van der Waals surface area (Å²) in [6.07, 6.45) is 6.55. The zero-order chi connectivity index (χ0) is 16.4. The van der Waals surface area contributed by atoms with Crippen LogP contribution < -0.4 is 0 Å². The van der Waals surface area contributed by atoms with E-state index < -0.39 is 4.33 Å². The van der Waals surface area contributed by atoms with Crippen LogP contribution in [0.5, 0.6) is 0 Å². The van der Waals surface area contributed by atoms with E-state index in [2.05, 4.69) is 32.7 Å². The summed E-state index contributed by atoms with van der Waals surface area (Å²) < 4.78 is 1.34. The first kappa shape index (κ1) is 17.7. The van der Waals surface area contributed by atoms with Crippen molar-refractivity contribution in [2.45, 2.75) is 49.1 Å². The molecule has 0 N–H and O–H groups in total. The molecule has 2 unspecified atom stereocenters. The topological polar surface area (TPSA) is 17.8 Å². The first-order valence-corrected chi connectivity index (χ1v) is 9.06. The van der Waals surface area contributed by atoms with E-state index in [0.29, 0.717) is 5.25 Å². The van der Waals surface area contributed by atoms with Gasteiger partial charge in [0.05, 0.1) is 6.33 Å². The Morgan fingerprint density at radius 1 is 1.27 bits per heavy atom. The highest BCUT2D eigenvalue weighted by Crippen LogP contribution is 2.53. The van der Waals surface area contributed by atoms with Gasteiger partial charge in [0.2, 0.25) is 0 Å². The number of hydrogen-bond acceptors (Lipinski definition) is 2. The Bertz CT molecular complexity index is 596. The predicted molar refractivity (Wildman–Crippen MR) is 97.9 cm³/mol. The third-order valence-corrected chi connectivity index (χ3v) is 7.06. The maximum Gasteiger partial charge on any atom is 0.176 e. The van der Waals surface area contributed by atoms with Gasteiger partial charge in [-0.2, -0.15) is 0 Å². The second kappa shape index (κ2) is 6.86. The van der Waals surface area contributed by atoms with E-state index in [0.717, 1.165) is 17.0 Å². The molecular formula is C17H22Cl2N2S. The van der Waals surface area contributed by atoms with Crippen LogP contribution in [0, 0.1) is 0 Å². The molecule has 22 heavy (non-hydrogen) atoms. The average Bonchev–Trinajstić information content (AvgIpc) is 3.02. The molecule has 0 aliphatic rings. The van der Waals surface area contributed by atoms with Crippen molar-refractivity contribution in [1.29, 1.82) is 0 Å². The SMILES string of the molecule is CCC(C)SC(Cl)(n1ccnc1)C(C)(C)c1ccc(Cl)cc1. The van der Waals surface area contributed by atoms with Gasteiger partial charge in [-0.25, -0.2) is 4.98 Å². The van der Waals surface area contributed by atoms with Crippen LogP contribution in [-0.4, -0.2) is 14.8 Å². The number of hydrogen-bond donors (Lipinski definition) is 0. The molecule has 0 amide bonds. The van der Waals surface area contributed by atoms with E-state index in [4.69, 9.17) is 23.2 Å². The van der Waals surface area contributed by atoms with Crippen LogP contribution in [0.1, 0.15) is 39.7 Å². The lowest BCUT2D eigenvalue weighted by Gasteiger charge is -2.44. The lowest BCUT2D eigenvalue weighted by Crippen LogP contribution is -2.43. The van der Waals surface area contributed by atoms with Crippen LogP contribution in [0.3, 0.4) is 0 Å². The van der Waals surface area contributed by atoms with E-state index in [1.54, 1.807) is 24.3 Å². The molecule has 0 aliphatic heterocycles. The van der Waals surface area contributed by atoms with Gasteiger partial charge in [-0.3, -0.25) is 0 Å². The second-order valence-corrected chi connectivity index (χ2v) is 8.84. The Labute approximate surface area is 147 Å². The van der Waals surface area contributed by atoms with Crippen LogP contribution >= 0.6 is 35.0 Å². The number of aromatic nitrogens is 2. The zero-order valence-electron chi connectivity index (χ0n) is 13.4. The molecule has 0 fully saturated rings. The average molecular weight is 357 g/mol. The van der Waals surface area contributed by atoms with Gasteiger partial charge in [-0.1, -0.05) is 63.0 Å². The molecule has 2 rings (SSSR count). The smallest absolute Gasteiger partial charge is 0.176 e. The molecule has 0 aliphatic carbocycles. The first-order chi connectivity index (χ1) is 10.3. The van der Waals surface area contributed by atoms with E-state index in [-0.39, 0.29) is 5.41 Å². The molecule has 2 nitrogen and oxygen atoms in total. The highest BCUT2D eigenvalue weighted by Gasteiger charge is 2.47. The van der Waals surface area contributed by atoms with E-state index in [1.807, 2.05) is 35.0 Å². The highest BCUT2D eigenvalue weighted by atomic mass is 35.5. The van der Waals surface area contributed by atoms with Crippen molar-refractivity contribution in [2.24, 2.45) is 0 Å². The molecule has 5 heteroatoms. The molecule has 0 saturated carbocycles. The van der Waals surface area contributed by atoms with Gasteiger partial charge >= 0.3 is 0 Å². The fraction of sp³-hybridized carbons (Fsp3) is 0.471. The van der Waals surface area contributed by atoms with Gasteiger partial charge in [-0.15, -0.1) is 11.8 Å². The molecule has 0 bridgehead atoms. The molecule has 0 saturated heterocycles. The van der Waals surface area contributed by atoms with Crippen LogP contribution in [0.4, 0.5) is 0 Å². The number of alkyl halides is 1. The van der Waals surface area contributed by atoms with Crippen molar-refractivity contribution in [2.75, 3.05) is 0 Å². The number of nitrogens with zero attached hydrogens (tertiary/aromatic N) is 2. The van der Waals surface area contributed by atoms with Gasteiger partial charge in [-0.05, 0) is 24.1 Å². The number of thioether (sulfide) groups is 1. The monoisotopic (exact) mass is 356 g/mol. The van der Waals surface area contributed by atoms with Crippen LogP contribution in [-0.2, 0) is 9.75 Å². The molecule has 2 atom stereocenters. The standard InChI is InChI=1S/C17H22Cl2N2S/c1-5-13(2)22-17(19,21-11-10-20-12-21)16(3,4)14-6-8-15(18)9-7-14/h6-13H,5H2,1-4H3. The molecule has 120 valence electrons. The highest BCUT2D eigenvalue weighted by molar-refractivity contribution is 8.01. The van der Waals surface area contributed by atoms with Gasteiger partial charge in [0.25, 0.3) is 0 Å². The molecular weight excluding hydrogens is 335 g/mol. The number of benzene rings is 1. The minimum atomic E-state index is -0.660. The maximum absolute atomic E-state index is 7.20. The van der Waals surface area contributed by atoms with Crippen molar-refractivity contribution in [1.82, 2.24) is 9.55 Å². The lowest BCUT2D eigenvalue weighted by molar-refractivity contribution is 0.372. The predicted octanol–water partition coefficient (Wildman–Crippen LogP) is 5.90. The summed E-state index contributed by atoms with van der Waals surface area (Å²) in [4.78, 5) is 4.19. The Kier molecular flexibility index (Phi) is 5.52. The van der Waals surface area contributed by atoms with Gasteiger partial charge in [0, 0.05) is 28.1 Å². The van der Waals surface area contributed by atoms with Crippen LogP contribution in [0.2, 0.25) is 5.02 Å². The number of imidazole rings is 1. The van der Waals surface area contributed by atoms with Crippen molar-refractivity contribution in [3.05, 3.63) is 53.6 Å². The van der Waals surface area contributed by atoms with Gasteiger partial charge in [0.1, 0.15) is 0 Å². The Morgan fingerprint density at radius 2 is 1.91 bits per heavy atom. The van der Waals surface area contributed by atoms with Crippen LogP contribution in [0.15, 0.2) is 43.0 Å². The Hall–Kier alpha value is -0.640. The largest absolute Gasteiger partial charge is 0.308 e. The molecule has 1 aromatic carbocycles. The van der Waals surface area contributed by atoms with Gasteiger partial charge in [0.15, 0.2) is 4.33 Å². The number of rotatable bonds is 6. The first-order valence-electron chi connectivity index (χ1n) is 7.42. The van der Waals surface area contributed by atoms with E-state index in [9.17, 15) is 0 Å². The fourth-order valence-corrected chi connectivity index (χ4v) is 4.49. The van der Waals surface area contributed by atoms with Crippen molar-refractivity contribution in [3.63, 3.8) is 0 Å². The van der Waals surface area contributed by atoms with E-state index >= 15 is 0 Å². The maximum atomic E-state index is 7.20. The normalized spacial score (nSPS) is 16.3. The molecule has 2 aromatic rings. The summed E-state index contributed by atoms with van der Waals surface area (Å²) >= 11 is 15.0.